The first kappa shape index (κ1) is 33.1. The lowest BCUT2D eigenvalue weighted by atomic mass is 9.87. The van der Waals surface area contributed by atoms with Crippen LogP contribution in [0.15, 0.2) is 36.0 Å². The fraction of sp³-hybridized carbons (Fsp3) is 0.710. The number of aliphatic hydroxyl groups excluding tert-OH is 1. The largest absolute Gasteiger partial charge is 0.469 e. The van der Waals surface area contributed by atoms with E-state index >= 15 is 0 Å². The van der Waals surface area contributed by atoms with Crippen molar-refractivity contribution in [3.8, 4) is 0 Å². The minimum atomic E-state index is -0.803. The summed E-state index contributed by atoms with van der Waals surface area (Å²) in [5, 5.41) is 13.8. The fourth-order valence-electron chi connectivity index (χ4n) is 5.61. The molecule has 0 bridgehead atoms. The Hall–Kier alpha value is -2.77. The number of morpholine rings is 1. The second-order valence-electron chi connectivity index (χ2n) is 11.8. The monoisotopic (exact) mass is 606 g/mol. The van der Waals surface area contributed by atoms with Gasteiger partial charge >= 0.3 is 12.1 Å². The predicted octanol–water partition coefficient (Wildman–Crippen LogP) is 2.20. The van der Waals surface area contributed by atoms with Crippen molar-refractivity contribution in [1.82, 2.24) is 10.2 Å². The van der Waals surface area contributed by atoms with Crippen molar-refractivity contribution < 1.29 is 47.9 Å². The fourth-order valence-corrected chi connectivity index (χ4v) is 5.61. The molecule has 0 unspecified atom stereocenters. The van der Waals surface area contributed by atoms with Gasteiger partial charge in [0.15, 0.2) is 0 Å². The third-order valence-corrected chi connectivity index (χ3v) is 8.34. The van der Waals surface area contributed by atoms with Crippen molar-refractivity contribution in [3.63, 3.8) is 0 Å². The molecule has 2 amide bonds. The van der Waals surface area contributed by atoms with E-state index in [0.717, 1.165) is 18.4 Å². The predicted molar refractivity (Wildman–Crippen MR) is 155 cm³/mol. The molecular formula is C31H46N2O10. The molecule has 4 aliphatic heterocycles. The summed E-state index contributed by atoms with van der Waals surface area (Å²) in [7, 11) is 1.34. The molecule has 4 rings (SSSR count). The molecule has 0 aromatic rings. The van der Waals surface area contributed by atoms with Crippen molar-refractivity contribution in [2.45, 2.75) is 101 Å². The standard InChI is InChI=1S/C31H46N2O10/c1-20(6-11-26-29(36)31(19-40-31)18-24(43-26)17-28(35)38-4)5-8-23-9-10-25(22(3)42-23)32-27(34)12-7-21(2)41-30(37)33-13-15-39-16-14-33/h5-7,11-12,21-26,29,36H,8-10,13-19H2,1-4H3,(H,32,34)/b11-6+,12-7-,20-5+/t21-,22+,23-,24+,25+,26+,29+,31+/m0/s1. The summed E-state index contributed by atoms with van der Waals surface area (Å²) >= 11 is 0. The second kappa shape index (κ2) is 15.3. The zero-order valence-corrected chi connectivity index (χ0v) is 25.6. The van der Waals surface area contributed by atoms with Crippen LogP contribution in [-0.2, 0) is 38.0 Å². The zero-order chi connectivity index (χ0) is 31.0. The maximum absolute atomic E-state index is 12.5. The van der Waals surface area contributed by atoms with Gasteiger partial charge < -0.3 is 43.7 Å². The highest BCUT2D eigenvalue weighted by Gasteiger charge is 2.58. The number of hydrogen-bond acceptors (Lipinski definition) is 10. The van der Waals surface area contributed by atoms with Crippen molar-refractivity contribution in [1.29, 1.82) is 0 Å². The first-order chi connectivity index (χ1) is 20.6. The SMILES string of the molecule is COC(=O)C[C@@H]1C[C@@]2(CO2)[C@H](O)[C@@H](/C=C/C(C)=C/C[C@H]2CC[C@@H](NC(=O)/C=C\[C@H](C)OC(=O)N3CCOCC3)[C@@H](C)O2)O1. The normalized spacial score (nSPS) is 33.9. The summed E-state index contributed by atoms with van der Waals surface area (Å²) < 4.78 is 33.1. The number of hydrogen-bond donors (Lipinski definition) is 2. The number of methoxy groups -OCH3 is 1. The van der Waals surface area contributed by atoms with E-state index in [1.54, 1.807) is 17.9 Å². The Balaban J connectivity index is 1.18. The van der Waals surface area contributed by atoms with Gasteiger partial charge in [-0.1, -0.05) is 23.8 Å². The maximum atomic E-state index is 12.5. The Kier molecular flexibility index (Phi) is 11.8. The van der Waals surface area contributed by atoms with E-state index in [-0.39, 0.29) is 42.7 Å². The number of esters is 1. The number of nitrogens with zero attached hydrogens (tertiary/aromatic N) is 1. The van der Waals surface area contributed by atoms with Gasteiger partial charge in [-0.05, 0) is 46.1 Å². The van der Waals surface area contributed by atoms with Gasteiger partial charge in [0.25, 0.3) is 0 Å². The average molecular weight is 607 g/mol. The van der Waals surface area contributed by atoms with Crippen LogP contribution in [0.4, 0.5) is 4.79 Å². The second-order valence-corrected chi connectivity index (χ2v) is 11.8. The molecule has 0 saturated carbocycles. The summed E-state index contributed by atoms with van der Waals surface area (Å²) in [6, 6.07) is -0.121. The van der Waals surface area contributed by atoms with Crippen LogP contribution in [0.1, 0.15) is 52.9 Å². The lowest BCUT2D eigenvalue weighted by Crippen LogP contribution is -2.50. The lowest BCUT2D eigenvalue weighted by Gasteiger charge is -2.36. The highest BCUT2D eigenvalue weighted by molar-refractivity contribution is 5.87. The van der Waals surface area contributed by atoms with Crippen LogP contribution in [0, 0.1) is 0 Å². The highest BCUT2D eigenvalue weighted by atomic mass is 16.6. The van der Waals surface area contributed by atoms with E-state index in [0.29, 0.717) is 45.8 Å². The number of ether oxygens (including phenoxy) is 6. The lowest BCUT2D eigenvalue weighted by molar-refractivity contribution is -0.157. The molecule has 1 spiro atoms. The van der Waals surface area contributed by atoms with Gasteiger partial charge in [-0.2, -0.15) is 0 Å². The van der Waals surface area contributed by atoms with Crippen LogP contribution in [0.25, 0.3) is 0 Å². The van der Waals surface area contributed by atoms with Crippen LogP contribution in [0.5, 0.6) is 0 Å². The molecule has 0 aromatic heterocycles. The number of carbonyl (C=O) groups is 3. The summed E-state index contributed by atoms with van der Waals surface area (Å²) in [5.74, 6) is -0.610. The maximum Gasteiger partial charge on any atom is 0.410 e. The Morgan fingerprint density at radius 2 is 1.88 bits per heavy atom. The molecule has 2 N–H and O–H groups in total. The van der Waals surface area contributed by atoms with Gasteiger partial charge in [-0.3, -0.25) is 9.59 Å². The van der Waals surface area contributed by atoms with Gasteiger partial charge in [0.2, 0.25) is 5.91 Å². The van der Waals surface area contributed by atoms with Gasteiger partial charge in [0.1, 0.15) is 23.9 Å². The van der Waals surface area contributed by atoms with Gasteiger partial charge in [0, 0.05) is 25.6 Å². The highest BCUT2D eigenvalue weighted by Crippen LogP contribution is 2.43. The smallest absolute Gasteiger partial charge is 0.410 e. The van der Waals surface area contributed by atoms with Crippen molar-refractivity contribution in [2.75, 3.05) is 40.0 Å². The van der Waals surface area contributed by atoms with Gasteiger partial charge in [-0.15, -0.1) is 0 Å². The molecule has 12 nitrogen and oxygen atoms in total. The molecule has 0 aromatic carbocycles. The summed E-state index contributed by atoms with van der Waals surface area (Å²) in [5.41, 5.74) is 0.350. The minimum Gasteiger partial charge on any atom is -0.469 e. The first-order valence-corrected chi connectivity index (χ1v) is 15.2. The minimum absolute atomic E-state index is 0.0192. The quantitative estimate of drug-likeness (QED) is 0.164. The molecule has 12 heteroatoms. The van der Waals surface area contributed by atoms with Crippen LogP contribution in [0.2, 0.25) is 0 Å². The van der Waals surface area contributed by atoms with Gasteiger partial charge in [-0.25, -0.2) is 4.79 Å². The zero-order valence-electron chi connectivity index (χ0n) is 25.6. The number of epoxide rings is 1. The first-order valence-electron chi connectivity index (χ1n) is 15.2. The van der Waals surface area contributed by atoms with Crippen molar-refractivity contribution in [3.05, 3.63) is 36.0 Å². The Bertz CT molecular complexity index is 1060. The van der Waals surface area contributed by atoms with E-state index in [9.17, 15) is 19.5 Å². The van der Waals surface area contributed by atoms with Crippen LogP contribution < -0.4 is 5.32 Å². The number of nitrogens with one attached hydrogen (secondary N) is 1. The van der Waals surface area contributed by atoms with E-state index in [2.05, 4.69) is 11.4 Å². The molecule has 4 saturated heterocycles. The van der Waals surface area contributed by atoms with Crippen molar-refractivity contribution >= 4 is 18.0 Å². The van der Waals surface area contributed by atoms with E-state index in [4.69, 9.17) is 28.4 Å². The van der Waals surface area contributed by atoms with Gasteiger partial charge in [0.05, 0.1) is 57.7 Å². The Morgan fingerprint density at radius 1 is 1.14 bits per heavy atom. The summed E-state index contributed by atoms with van der Waals surface area (Å²) in [4.78, 5) is 38.0. The number of amides is 2. The van der Waals surface area contributed by atoms with E-state index < -0.39 is 30.0 Å². The summed E-state index contributed by atoms with van der Waals surface area (Å²) in [6.07, 6.45) is 8.78. The third kappa shape index (κ3) is 9.61. The number of allylic oxidation sites excluding steroid dienone is 2. The Labute approximate surface area is 253 Å². The molecular weight excluding hydrogens is 560 g/mol. The molecule has 4 heterocycles. The van der Waals surface area contributed by atoms with Crippen LogP contribution in [0.3, 0.4) is 0 Å². The molecule has 4 fully saturated rings. The van der Waals surface area contributed by atoms with E-state index in [1.165, 1.54) is 13.2 Å². The molecule has 43 heavy (non-hydrogen) atoms. The van der Waals surface area contributed by atoms with Crippen LogP contribution in [-0.4, -0.2) is 116 Å². The average Bonchev–Trinajstić information content (AvgIpc) is 3.77. The van der Waals surface area contributed by atoms with E-state index in [1.807, 2.05) is 26.0 Å². The Morgan fingerprint density at radius 3 is 2.56 bits per heavy atom. The molecule has 0 radical (unpaired) electrons. The molecule has 240 valence electrons. The third-order valence-electron chi connectivity index (χ3n) is 8.34. The topological polar surface area (TPSA) is 145 Å². The number of rotatable bonds is 10. The number of carbonyl (C=O) groups excluding carboxylic acids is 3. The molecule has 0 aliphatic carbocycles. The number of aliphatic hydroxyl groups is 1. The van der Waals surface area contributed by atoms with Crippen molar-refractivity contribution in [2.24, 2.45) is 0 Å². The molecule has 4 aliphatic rings. The van der Waals surface area contributed by atoms with Crippen LogP contribution >= 0.6 is 0 Å². The summed E-state index contributed by atoms with van der Waals surface area (Å²) in [6.45, 7) is 8.08. The molecule has 8 atom stereocenters.